The van der Waals surface area contributed by atoms with Crippen LogP contribution < -0.4 is 4.90 Å². The number of halogens is 1. The van der Waals surface area contributed by atoms with Crippen LogP contribution in [-0.2, 0) is 4.79 Å². The maximum atomic E-state index is 13.1. The van der Waals surface area contributed by atoms with Gasteiger partial charge in [0.25, 0.3) is 5.91 Å². The summed E-state index contributed by atoms with van der Waals surface area (Å²) in [5.41, 5.74) is 1.61. The summed E-state index contributed by atoms with van der Waals surface area (Å²) in [7, 11) is 0. The molecule has 0 saturated carbocycles. The molecule has 1 aliphatic rings. The average molecular weight is 313 g/mol. The molecule has 0 saturated heterocycles. The molecule has 0 aromatic heterocycles. The SMILES string of the molecule is C[C@@H]1C[C@H](C(=O)O)c2ccccc2N1C(=O)c1ccc(F)cc1. The fourth-order valence-corrected chi connectivity index (χ4v) is 3.09. The van der Waals surface area contributed by atoms with Crippen molar-refractivity contribution in [3.63, 3.8) is 0 Å². The Morgan fingerprint density at radius 3 is 2.43 bits per heavy atom. The number of benzene rings is 2. The van der Waals surface area contributed by atoms with Crippen molar-refractivity contribution in [1.29, 1.82) is 0 Å². The summed E-state index contributed by atoms with van der Waals surface area (Å²) in [6, 6.07) is 12.1. The van der Waals surface area contributed by atoms with Gasteiger partial charge in [0.1, 0.15) is 5.82 Å². The standard InChI is InChI=1S/C18H16FNO3/c1-11-10-15(18(22)23)14-4-2-3-5-16(14)20(11)17(21)12-6-8-13(19)9-7-12/h2-9,11,15H,10H2,1H3,(H,22,23)/t11-,15+/m1/s1. The highest BCUT2D eigenvalue weighted by atomic mass is 19.1. The third-order valence-corrected chi connectivity index (χ3v) is 4.20. The molecule has 2 aromatic rings. The Hall–Kier alpha value is -2.69. The summed E-state index contributed by atoms with van der Waals surface area (Å²) in [4.78, 5) is 25.9. The van der Waals surface area contributed by atoms with Crippen molar-refractivity contribution in [3.8, 4) is 0 Å². The van der Waals surface area contributed by atoms with E-state index in [4.69, 9.17) is 0 Å². The number of hydrogen-bond donors (Lipinski definition) is 1. The normalized spacial score (nSPS) is 20.0. The summed E-state index contributed by atoms with van der Waals surface area (Å²) in [5, 5.41) is 9.43. The topological polar surface area (TPSA) is 57.6 Å². The van der Waals surface area contributed by atoms with Gasteiger partial charge in [0.15, 0.2) is 0 Å². The average Bonchev–Trinajstić information content (AvgIpc) is 2.54. The van der Waals surface area contributed by atoms with Crippen molar-refractivity contribution in [2.75, 3.05) is 4.90 Å². The molecule has 0 fully saturated rings. The Morgan fingerprint density at radius 2 is 1.78 bits per heavy atom. The van der Waals surface area contributed by atoms with Gasteiger partial charge in [-0.25, -0.2) is 4.39 Å². The van der Waals surface area contributed by atoms with Gasteiger partial charge in [-0.1, -0.05) is 18.2 Å². The smallest absolute Gasteiger partial charge is 0.311 e. The molecule has 5 heteroatoms. The molecule has 4 nitrogen and oxygen atoms in total. The Bertz CT molecular complexity index is 757. The van der Waals surface area contributed by atoms with E-state index in [-0.39, 0.29) is 11.9 Å². The molecule has 0 radical (unpaired) electrons. The van der Waals surface area contributed by atoms with E-state index in [0.717, 1.165) is 0 Å². The molecular weight excluding hydrogens is 297 g/mol. The fourth-order valence-electron chi connectivity index (χ4n) is 3.09. The highest BCUT2D eigenvalue weighted by Crippen LogP contribution is 2.39. The Labute approximate surface area is 133 Å². The molecule has 2 aromatic carbocycles. The molecule has 0 spiro atoms. The van der Waals surface area contributed by atoms with Crippen LogP contribution in [0.15, 0.2) is 48.5 Å². The number of fused-ring (bicyclic) bond motifs is 1. The third kappa shape index (κ3) is 2.70. The summed E-state index contributed by atoms with van der Waals surface area (Å²) in [6.45, 7) is 1.83. The lowest BCUT2D eigenvalue weighted by molar-refractivity contribution is -0.139. The first kappa shape index (κ1) is 15.2. The van der Waals surface area contributed by atoms with Gasteiger partial charge in [-0.05, 0) is 49.2 Å². The van der Waals surface area contributed by atoms with E-state index in [1.165, 1.54) is 24.3 Å². The number of hydrogen-bond acceptors (Lipinski definition) is 2. The maximum absolute atomic E-state index is 13.1. The number of carbonyl (C=O) groups is 2. The van der Waals surface area contributed by atoms with Crippen LogP contribution in [0.4, 0.5) is 10.1 Å². The summed E-state index contributed by atoms with van der Waals surface area (Å²) in [6.07, 6.45) is 0.347. The van der Waals surface area contributed by atoms with Gasteiger partial charge < -0.3 is 10.0 Å². The van der Waals surface area contributed by atoms with Gasteiger partial charge in [-0.15, -0.1) is 0 Å². The van der Waals surface area contributed by atoms with Crippen LogP contribution >= 0.6 is 0 Å². The van der Waals surface area contributed by atoms with E-state index in [9.17, 15) is 19.1 Å². The van der Waals surface area contributed by atoms with Crippen molar-refractivity contribution >= 4 is 17.6 Å². The van der Waals surface area contributed by atoms with Crippen LogP contribution in [0.1, 0.15) is 35.2 Å². The molecule has 0 unspecified atom stereocenters. The van der Waals surface area contributed by atoms with Gasteiger partial charge in [0.2, 0.25) is 0 Å². The van der Waals surface area contributed by atoms with Crippen molar-refractivity contribution < 1.29 is 19.1 Å². The number of amides is 1. The highest BCUT2D eigenvalue weighted by Gasteiger charge is 2.37. The number of nitrogens with zero attached hydrogens (tertiary/aromatic N) is 1. The van der Waals surface area contributed by atoms with Crippen LogP contribution in [-0.4, -0.2) is 23.0 Å². The molecule has 1 heterocycles. The number of carbonyl (C=O) groups excluding carboxylic acids is 1. The van der Waals surface area contributed by atoms with Crippen LogP contribution in [0.25, 0.3) is 0 Å². The first-order valence-electron chi connectivity index (χ1n) is 7.40. The third-order valence-electron chi connectivity index (χ3n) is 4.20. The Balaban J connectivity index is 2.05. The lowest BCUT2D eigenvalue weighted by Crippen LogP contribution is -2.44. The van der Waals surface area contributed by atoms with E-state index >= 15 is 0 Å². The zero-order valence-electron chi connectivity index (χ0n) is 12.6. The molecule has 2 atom stereocenters. The highest BCUT2D eigenvalue weighted by molar-refractivity contribution is 6.07. The molecule has 3 rings (SSSR count). The van der Waals surface area contributed by atoms with Gasteiger partial charge in [-0.2, -0.15) is 0 Å². The van der Waals surface area contributed by atoms with Crippen molar-refractivity contribution in [2.45, 2.75) is 25.3 Å². The number of aliphatic carboxylic acids is 1. The van der Waals surface area contributed by atoms with Crippen LogP contribution in [0.5, 0.6) is 0 Å². The first-order valence-corrected chi connectivity index (χ1v) is 7.40. The Morgan fingerprint density at radius 1 is 1.13 bits per heavy atom. The minimum atomic E-state index is -0.891. The van der Waals surface area contributed by atoms with E-state index in [0.29, 0.717) is 23.2 Å². The minimum absolute atomic E-state index is 0.256. The van der Waals surface area contributed by atoms with Gasteiger partial charge >= 0.3 is 5.97 Å². The molecule has 1 aliphatic heterocycles. The zero-order chi connectivity index (χ0) is 16.6. The van der Waals surface area contributed by atoms with Gasteiger partial charge in [-0.3, -0.25) is 9.59 Å². The molecule has 0 bridgehead atoms. The predicted octanol–water partition coefficient (Wildman–Crippen LogP) is 3.43. The quantitative estimate of drug-likeness (QED) is 0.924. The minimum Gasteiger partial charge on any atom is -0.481 e. The number of rotatable bonds is 2. The zero-order valence-corrected chi connectivity index (χ0v) is 12.6. The second-order valence-electron chi connectivity index (χ2n) is 5.72. The van der Waals surface area contributed by atoms with Crippen LogP contribution in [0.3, 0.4) is 0 Å². The predicted molar refractivity (Wildman–Crippen MR) is 84.1 cm³/mol. The summed E-state index contributed by atoms with van der Waals surface area (Å²) >= 11 is 0. The van der Waals surface area contributed by atoms with E-state index in [1.54, 1.807) is 29.2 Å². The monoisotopic (exact) mass is 313 g/mol. The summed E-state index contributed by atoms with van der Waals surface area (Å²) < 4.78 is 13.1. The largest absolute Gasteiger partial charge is 0.481 e. The van der Waals surface area contributed by atoms with Gasteiger partial charge in [0, 0.05) is 17.3 Å². The summed E-state index contributed by atoms with van der Waals surface area (Å²) in [5.74, 6) is -2.18. The number of carboxylic acid groups (broad SMARTS) is 1. The van der Waals surface area contributed by atoms with E-state index in [1.807, 2.05) is 6.92 Å². The first-order chi connectivity index (χ1) is 11.0. The van der Waals surface area contributed by atoms with E-state index < -0.39 is 17.7 Å². The fraction of sp³-hybridized carbons (Fsp3) is 0.222. The maximum Gasteiger partial charge on any atom is 0.311 e. The van der Waals surface area contributed by atoms with Crippen LogP contribution in [0.2, 0.25) is 0 Å². The number of para-hydroxylation sites is 1. The lowest BCUT2D eigenvalue weighted by atomic mass is 9.85. The molecule has 118 valence electrons. The molecule has 0 aliphatic carbocycles. The molecule has 23 heavy (non-hydrogen) atoms. The molecular formula is C18H16FNO3. The second-order valence-corrected chi connectivity index (χ2v) is 5.72. The van der Waals surface area contributed by atoms with Crippen molar-refractivity contribution in [2.24, 2.45) is 0 Å². The van der Waals surface area contributed by atoms with E-state index in [2.05, 4.69) is 0 Å². The van der Waals surface area contributed by atoms with Gasteiger partial charge in [0.05, 0.1) is 5.92 Å². The molecule has 1 amide bonds. The Kier molecular flexibility index (Phi) is 3.86. The number of carboxylic acids is 1. The van der Waals surface area contributed by atoms with Crippen molar-refractivity contribution in [1.82, 2.24) is 0 Å². The second kappa shape index (κ2) is 5.83. The lowest BCUT2D eigenvalue weighted by Gasteiger charge is -2.38. The van der Waals surface area contributed by atoms with Crippen LogP contribution in [0, 0.1) is 5.82 Å². The molecule has 1 N–H and O–H groups in total. The number of anilines is 1. The van der Waals surface area contributed by atoms with Crippen molar-refractivity contribution in [3.05, 3.63) is 65.5 Å².